The monoisotopic (exact) mass is 272 g/mol. The van der Waals surface area contributed by atoms with Gasteiger partial charge in [0.1, 0.15) is 24.1 Å². The molecule has 6 nitrogen and oxygen atoms in total. The Balaban J connectivity index is 1.95. The topological polar surface area (TPSA) is 73.0 Å². The number of rotatable bonds is 6. The van der Waals surface area contributed by atoms with E-state index < -0.39 is 0 Å². The van der Waals surface area contributed by atoms with Crippen LogP contribution in [0.15, 0.2) is 24.3 Å². The Kier molecular flexibility index (Phi) is 4.69. The van der Waals surface area contributed by atoms with E-state index in [1.165, 1.54) is 5.56 Å². The highest BCUT2D eigenvalue weighted by atomic mass is 16.5. The summed E-state index contributed by atoms with van der Waals surface area (Å²) in [7, 11) is 1.57. The minimum Gasteiger partial charge on any atom is -0.492 e. The molecule has 0 bridgehead atoms. The Bertz CT molecular complexity index is 599. The van der Waals surface area contributed by atoms with Crippen molar-refractivity contribution in [2.45, 2.75) is 20.1 Å². The van der Waals surface area contributed by atoms with Crippen molar-refractivity contribution in [3.63, 3.8) is 0 Å². The van der Waals surface area contributed by atoms with Crippen LogP contribution < -0.4 is 4.74 Å². The molecule has 0 amide bonds. The van der Waals surface area contributed by atoms with Gasteiger partial charge in [0.15, 0.2) is 5.69 Å². The quantitative estimate of drug-likeness (QED) is 0.800. The van der Waals surface area contributed by atoms with Crippen LogP contribution in [0.5, 0.6) is 5.75 Å². The van der Waals surface area contributed by atoms with E-state index in [9.17, 15) is 0 Å². The molecule has 6 heteroatoms. The van der Waals surface area contributed by atoms with Crippen molar-refractivity contribution in [3.05, 3.63) is 41.2 Å². The van der Waals surface area contributed by atoms with Crippen molar-refractivity contribution in [1.29, 1.82) is 5.26 Å². The number of hydrogen-bond donors (Lipinski definition) is 0. The van der Waals surface area contributed by atoms with Crippen LogP contribution in [0, 0.1) is 18.3 Å². The number of aryl methyl sites for hydroxylation is 1. The summed E-state index contributed by atoms with van der Waals surface area (Å²) in [6, 6.07) is 9.84. The molecular weight excluding hydrogens is 256 g/mol. The van der Waals surface area contributed by atoms with Gasteiger partial charge in [0.25, 0.3) is 0 Å². The standard InChI is InChI=1S/C14H16N4O2/c1-11-3-5-12(6-4-11)20-8-7-18-14(10-19-2)13(9-15)16-17-18/h3-6H,7-8,10H2,1-2H3. The van der Waals surface area contributed by atoms with Gasteiger partial charge in [0.2, 0.25) is 0 Å². The first-order chi connectivity index (χ1) is 9.74. The van der Waals surface area contributed by atoms with Gasteiger partial charge in [0.05, 0.1) is 13.2 Å². The highest BCUT2D eigenvalue weighted by Crippen LogP contribution is 2.12. The van der Waals surface area contributed by atoms with Gasteiger partial charge in [-0.2, -0.15) is 5.26 Å². The third-order valence-corrected chi connectivity index (χ3v) is 2.82. The molecule has 0 saturated heterocycles. The highest BCUT2D eigenvalue weighted by molar-refractivity contribution is 5.26. The number of aromatic nitrogens is 3. The molecule has 0 unspecified atom stereocenters. The molecule has 0 radical (unpaired) electrons. The zero-order valence-corrected chi connectivity index (χ0v) is 11.5. The van der Waals surface area contributed by atoms with E-state index in [0.29, 0.717) is 31.1 Å². The lowest BCUT2D eigenvalue weighted by Crippen LogP contribution is -2.13. The first-order valence-electron chi connectivity index (χ1n) is 6.25. The summed E-state index contributed by atoms with van der Waals surface area (Å²) in [6.07, 6.45) is 0. The predicted octanol–water partition coefficient (Wildman–Crippen LogP) is 1.68. The molecule has 0 aliphatic heterocycles. The maximum absolute atomic E-state index is 8.94. The molecule has 0 saturated carbocycles. The third kappa shape index (κ3) is 3.33. The number of nitriles is 1. The van der Waals surface area contributed by atoms with E-state index in [1.807, 2.05) is 37.3 Å². The predicted molar refractivity (Wildman–Crippen MR) is 72.1 cm³/mol. The van der Waals surface area contributed by atoms with Crippen LogP contribution >= 0.6 is 0 Å². The van der Waals surface area contributed by atoms with Crippen molar-refractivity contribution < 1.29 is 9.47 Å². The zero-order valence-electron chi connectivity index (χ0n) is 11.5. The van der Waals surface area contributed by atoms with Crippen molar-refractivity contribution in [1.82, 2.24) is 15.0 Å². The lowest BCUT2D eigenvalue weighted by atomic mass is 10.2. The van der Waals surface area contributed by atoms with Gasteiger partial charge >= 0.3 is 0 Å². The molecule has 0 atom stereocenters. The second-order valence-corrected chi connectivity index (χ2v) is 4.31. The number of nitrogens with zero attached hydrogens (tertiary/aromatic N) is 4. The summed E-state index contributed by atoms with van der Waals surface area (Å²) in [4.78, 5) is 0. The summed E-state index contributed by atoms with van der Waals surface area (Å²) in [5.41, 5.74) is 2.15. The van der Waals surface area contributed by atoms with Crippen LogP contribution in [0.3, 0.4) is 0 Å². The molecule has 0 aliphatic rings. The smallest absolute Gasteiger partial charge is 0.188 e. The van der Waals surface area contributed by atoms with Gasteiger partial charge in [-0.1, -0.05) is 22.9 Å². The molecule has 104 valence electrons. The Morgan fingerprint density at radius 1 is 1.30 bits per heavy atom. The van der Waals surface area contributed by atoms with Crippen molar-refractivity contribution in [2.24, 2.45) is 0 Å². The summed E-state index contributed by atoms with van der Waals surface area (Å²) < 4.78 is 12.3. The number of hydrogen-bond acceptors (Lipinski definition) is 5. The van der Waals surface area contributed by atoms with Crippen LogP contribution in [0.2, 0.25) is 0 Å². The van der Waals surface area contributed by atoms with Crippen LogP contribution in [-0.2, 0) is 17.9 Å². The Hall–Kier alpha value is -2.39. The molecule has 0 fully saturated rings. The summed E-state index contributed by atoms with van der Waals surface area (Å²) in [5.74, 6) is 0.810. The molecule has 2 aromatic rings. The van der Waals surface area contributed by atoms with E-state index in [1.54, 1.807) is 11.8 Å². The van der Waals surface area contributed by atoms with Gasteiger partial charge in [0, 0.05) is 7.11 Å². The second kappa shape index (κ2) is 6.68. The molecule has 1 heterocycles. The normalized spacial score (nSPS) is 10.2. The first-order valence-corrected chi connectivity index (χ1v) is 6.25. The van der Waals surface area contributed by atoms with E-state index in [4.69, 9.17) is 14.7 Å². The molecule has 1 aromatic heterocycles. The molecule has 0 spiro atoms. The molecule has 1 aromatic carbocycles. The molecule has 2 rings (SSSR count). The van der Waals surface area contributed by atoms with Gasteiger partial charge in [-0.25, -0.2) is 4.68 Å². The summed E-state index contributed by atoms with van der Waals surface area (Å²) in [5, 5.41) is 16.7. The molecular formula is C14H16N4O2. The number of methoxy groups -OCH3 is 1. The van der Waals surface area contributed by atoms with E-state index >= 15 is 0 Å². The minimum absolute atomic E-state index is 0.294. The minimum atomic E-state index is 0.294. The van der Waals surface area contributed by atoms with Gasteiger partial charge in [-0.15, -0.1) is 5.10 Å². The Labute approximate surface area is 117 Å². The summed E-state index contributed by atoms with van der Waals surface area (Å²) in [6.45, 7) is 3.30. The van der Waals surface area contributed by atoms with E-state index in [0.717, 1.165) is 5.75 Å². The van der Waals surface area contributed by atoms with Crippen LogP contribution in [0.1, 0.15) is 17.0 Å². The fraction of sp³-hybridized carbons (Fsp3) is 0.357. The van der Waals surface area contributed by atoms with Gasteiger partial charge in [-0.05, 0) is 19.1 Å². The molecule has 0 N–H and O–H groups in total. The van der Waals surface area contributed by atoms with Crippen molar-refractivity contribution >= 4 is 0 Å². The van der Waals surface area contributed by atoms with E-state index in [2.05, 4.69) is 10.3 Å². The second-order valence-electron chi connectivity index (χ2n) is 4.31. The fourth-order valence-corrected chi connectivity index (χ4v) is 1.76. The van der Waals surface area contributed by atoms with Crippen molar-refractivity contribution in [2.75, 3.05) is 13.7 Å². The number of ether oxygens (including phenoxy) is 2. The summed E-state index contributed by atoms with van der Waals surface area (Å²) >= 11 is 0. The average Bonchev–Trinajstić information content (AvgIpc) is 2.84. The van der Waals surface area contributed by atoms with Crippen LogP contribution in [0.25, 0.3) is 0 Å². The first kappa shape index (κ1) is 14.0. The fourth-order valence-electron chi connectivity index (χ4n) is 1.76. The lowest BCUT2D eigenvalue weighted by molar-refractivity contribution is 0.174. The van der Waals surface area contributed by atoms with Crippen LogP contribution in [0.4, 0.5) is 0 Å². The average molecular weight is 272 g/mol. The maximum Gasteiger partial charge on any atom is 0.188 e. The number of benzene rings is 1. The van der Waals surface area contributed by atoms with Crippen LogP contribution in [-0.4, -0.2) is 28.7 Å². The molecule has 20 heavy (non-hydrogen) atoms. The zero-order chi connectivity index (χ0) is 14.4. The van der Waals surface area contributed by atoms with E-state index in [-0.39, 0.29) is 0 Å². The van der Waals surface area contributed by atoms with Crippen molar-refractivity contribution in [3.8, 4) is 11.8 Å². The molecule has 0 aliphatic carbocycles. The Morgan fingerprint density at radius 3 is 2.70 bits per heavy atom. The largest absolute Gasteiger partial charge is 0.492 e. The lowest BCUT2D eigenvalue weighted by Gasteiger charge is -2.08. The highest BCUT2D eigenvalue weighted by Gasteiger charge is 2.11. The third-order valence-electron chi connectivity index (χ3n) is 2.82. The van der Waals surface area contributed by atoms with Gasteiger partial charge < -0.3 is 9.47 Å². The maximum atomic E-state index is 8.94. The van der Waals surface area contributed by atoms with Gasteiger partial charge in [-0.3, -0.25) is 0 Å². The SMILES string of the molecule is COCc1c(C#N)nnn1CCOc1ccc(C)cc1. The Morgan fingerprint density at radius 2 is 2.05 bits per heavy atom.